The van der Waals surface area contributed by atoms with Crippen molar-refractivity contribution in [2.75, 3.05) is 20.1 Å². The Hall–Kier alpha value is -1.49. The van der Waals surface area contributed by atoms with Crippen LogP contribution < -0.4 is 4.72 Å². The Morgan fingerprint density at radius 3 is 2.90 bits per heavy atom. The van der Waals surface area contributed by atoms with Crippen LogP contribution in [0.2, 0.25) is 0 Å². The first-order valence-corrected chi connectivity index (χ1v) is 8.32. The summed E-state index contributed by atoms with van der Waals surface area (Å²) in [6.45, 7) is 1.28. The summed E-state index contributed by atoms with van der Waals surface area (Å²) in [5.41, 5.74) is -0.271. The average Bonchev–Trinajstić information content (AvgIpc) is 2.46. The van der Waals surface area contributed by atoms with Gasteiger partial charge in [0.2, 0.25) is 10.0 Å². The van der Waals surface area contributed by atoms with E-state index in [0.29, 0.717) is 6.54 Å². The van der Waals surface area contributed by atoms with Crippen molar-refractivity contribution in [2.24, 2.45) is 0 Å². The molecule has 0 aliphatic carbocycles. The highest BCUT2D eigenvalue weighted by Crippen LogP contribution is 2.17. The maximum Gasteiger partial charge on any atom is 0.240 e. The number of nitriles is 1. The fraction of sp³-hybridized carbons (Fsp3) is 0.500. The summed E-state index contributed by atoms with van der Waals surface area (Å²) in [5.74, 6) is -0.719. The summed E-state index contributed by atoms with van der Waals surface area (Å²) in [6.07, 6.45) is 3.17. The zero-order valence-electron chi connectivity index (χ0n) is 11.8. The van der Waals surface area contributed by atoms with Gasteiger partial charge in [-0.2, -0.15) is 5.26 Å². The molecule has 0 aromatic heterocycles. The van der Waals surface area contributed by atoms with Gasteiger partial charge in [0.15, 0.2) is 0 Å². The van der Waals surface area contributed by atoms with Crippen molar-refractivity contribution in [3.05, 3.63) is 29.6 Å². The molecule has 1 aliphatic heterocycles. The number of hydrogen-bond donors (Lipinski definition) is 1. The van der Waals surface area contributed by atoms with Crippen molar-refractivity contribution in [2.45, 2.75) is 30.2 Å². The van der Waals surface area contributed by atoms with Gasteiger partial charge in [0.05, 0.1) is 10.5 Å². The summed E-state index contributed by atoms with van der Waals surface area (Å²) in [6, 6.07) is 5.04. The predicted molar refractivity (Wildman–Crippen MR) is 76.6 cm³/mol. The van der Waals surface area contributed by atoms with Crippen molar-refractivity contribution in [3.63, 3.8) is 0 Å². The lowest BCUT2D eigenvalue weighted by Crippen LogP contribution is -2.44. The molecule has 1 aliphatic rings. The number of nitrogens with zero attached hydrogens (tertiary/aromatic N) is 2. The van der Waals surface area contributed by atoms with E-state index in [9.17, 15) is 12.8 Å². The first kappa shape index (κ1) is 15.9. The number of benzene rings is 1. The molecule has 1 heterocycles. The average molecular weight is 311 g/mol. The normalized spacial score (nSPS) is 20.1. The second-order valence-corrected chi connectivity index (χ2v) is 7.00. The van der Waals surface area contributed by atoms with E-state index in [1.807, 2.05) is 7.05 Å². The van der Waals surface area contributed by atoms with Crippen LogP contribution in [0, 0.1) is 17.1 Å². The summed E-state index contributed by atoms with van der Waals surface area (Å²) in [5, 5.41) is 8.77. The number of halogens is 1. The van der Waals surface area contributed by atoms with E-state index in [-0.39, 0.29) is 16.5 Å². The van der Waals surface area contributed by atoms with Crippen molar-refractivity contribution in [1.29, 1.82) is 5.26 Å². The molecule has 7 heteroatoms. The molecule has 0 amide bonds. The maximum atomic E-state index is 13.2. The number of likely N-dealkylation sites (N-methyl/N-ethyl adjacent to an activating group) is 1. The zero-order chi connectivity index (χ0) is 15.5. The SMILES string of the molecule is CN1CCCCC1CNS(=O)(=O)c1ccc(F)c(C#N)c1. The van der Waals surface area contributed by atoms with Crippen LogP contribution in [0.4, 0.5) is 4.39 Å². The highest BCUT2D eigenvalue weighted by atomic mass is 32.2. The molecule has 5 nitrogen and oxygen atoms in total. The number of hydrogen-bond acceptors (Lipinski definition) is 4. The molecule has 1 atom stereocenters. The third-order valence-electron chi connectivity index (χ3n) is 3.80. The lowest BCUT2D eigenvalue weighted by Gasteiger charge is -2.32. The molecule has 1 fully saturated rings. The number of rotatable bonds is 4. The van der Waals surface area contributed by atoms with Crippen molar-refractivity contribution >= 4 is 10.0 Å². The fourth-order valence-electron chi connectivity index (χ4n) is 2.45. The lowest BCUT2D eigenvalue weighted by molar-refractivity contribution is 0.187. The molecule has 0 spiro atoms. The van der Waals surface area contributed by atoms with Gasteiger partial charge in [-0.05, 0) is 44.6 Å². The van der Waals surface area contributed by atoms with Gasteiger partial charge < -0.3 is 4.90 Å². The van der Waals surface area contributed by atoms with Crippen molar-refractivity contribution in [1.82, 2.24) is 9.62 Å². The molecule has 1 aromatic carbocycles. The minimum atomic E-state index is -3.73. The number of likely N-dealkylation sites (tertiary alicyclic amines) is 1. The second kappa shape index (κ2) is 6.52. The number of nitrogens with one attached hydrogen (secondary N) is 1. The Bertz CT molecular complexity index is 655. The largest absolute Gasteiger partial charge is 0.302 e. The van der Waals surface area contributed by atoms with Gasteiger partial charge in [0.1, 0.15) is 11.9 Å². The Balaban J connectivity index is 2.10. The molecule has 1 aromatic rings. The van der Waals surface area contributed by atoms with E-state index in [2.05, 4.69) is 9.62 Å². The minimum Gasteiger partial charge on any atom is -0.302 e. The van der Waals surface area contributed by atoms with Gasteiger partial charge in [-0.3, -0.25) is 0 Å². The molecule has 0 bridgehead atoms. The van der Waals surface area contributed by atoms with Gasteiger partial charge in [-0.25, -0.2) is 17.5 Å². The Labute approximate surface area is 124 Å². The van der Waals surface area contributed by atoms with Crippen LogP contribution in [0.3, 0.4) is 0 Å². The standard InChI is InChI=1S/C14H18FN3O2S/c1-18-7-3-2-4-12(18)10-17-21(19,20)13-5-6-14(15)11(8-13)9-16/h5-6,8,12,17H,2-4,7,10H2,1H3. The van der Waals surface area contributed by atoms with Crippen LogP contribution >= 0.6 is 0 Å². The second-order valence-electron chi connectivity index (χ2n) is 5.24. The molecule has 0 radical (unpaired) electrons. The highest BCUT2D eigenvalue weighted by molar-refractivity contribution is 7.89. The van der Waals surface area contributed by atoms with Gasteiger partial charge in [-0.1, -0.05) is 6.42 Å². The minimum absolute atomic E-state index is 0.0843. The summed E-state index contributed by atoms with van der Waals surface area (Å²) >= 11 is 0. The first-order valence-electron chi connectivity index (χ1n) is 6.83. The molecular formula is C14H18FN3O2S. The molecule has 0 saturated carbocycles. The maximum absolute atomic E-state index is 13.2. The fourth-order valence-corrected chi connectivity index (χ4v) is 3.55. The number of sulfonamides is 1. The molecule has 1 saturated heterocycles. The highest BCUT2D eigenvalue weighted by Gasteiger charge is 2.22. The van der Waals surface area contributed by atoms with Gasteiger partial charge in [-0.15, -0.1) is 0 Å². The number of piperidine rings is 1. The van der Waals surface area contributed by atoms with Crippen LogP contribution in [0.5, 0.6) is 0 Å². The Morgan fingerprint density at radius 2 is 2.24 bits per heavy atom. The van der Waals surface area contributed by atoms with E-state index in [0.717, 1.165) is 37.9 Å². The zero-order valence-corrected chi connectivity index (χ0v) is 12.7. The Kier molecular flexibility index (Phi) is 4.93. The predicted octanol–water partition coefficient (Wildman–Crippen LogP) is 1.46. The van der Waals surface area contributed by atoms with E-state index in [1.165, 1.54) is 6.07 Å². The quantitative estimate of drug-likeness (QED) is 0.913. The summed E-state index contributed by atoms with van der Waals surface area (Å²) in [4.78, 5) is 2.05. The van der Waals surface area contributed by atoms with E-state index >= 15 is 0 Å². The summed E-state index contributed by atoms with van der Waals surface area (Å²) in [7, 11) is -1.75. The third-order valence-corrected chi connectivity index (χ3v) is 5.22. The van der Waals surface area contributed by atoms with Gasteiger partial charge in [0.25, 0.3) is 0 Å². The molecular weight excluding hydrogens is 293 g/mol. The molecule has 1 unspecified atom stereocenters. The van der Waals surface area contributed by atoms with Crippen LogP contribution in [0.25, 0.3) is 0 Å². The Morgan fingerprint density at radius 1 is 1.48 bits per heavy atom. The van der Waals surface area contributed by atoms with Crippen molar-refractivity contribution < 1.29 is 12.8 Å². The van der Waals surface area contributed by atoms with Gasteiger partial charge in [0, 0.05) is 12.6 Å². The first-order chi connectivity index (χ1) is 9.94. The third kappa shape index (κ3) is 3.79. The smallest absolute Gasteiger partial charge is 0.240 e. The van der Waals surface area contributed by atoms with Crippen LogP contribution in [0.15, 0.2) is 23.1 Å². The van der Waals surface area contributed by atoms with Gasteiger partial charge >= 0.3 is 0 Å². The van der Waals surface area contributed by atoms with Crippen molar-refractivity contribution in [3.8, 4) is 6.07 Å². The van der Waals surface area contributed by atoms with E-state index in [1.54, 1.807) is 6.07 Å². The molecule has 21 heavy (non-hydrogen) atoms. The van der Waals surface area contributed by atoms with Crippen LogP contribution in [-0.2, 0) is 10.0 Å². The van der Waals surface area contributed by atoms with E-state index in [4.69, 9.17) is 5.26 Å². The van der Waals surface area contributed by atoms with Crippen LogP contribution in [0.1, 0.15) is 24.8 Å². The summed E-state index contributed by atoms with van der Waals surface area (Å²) < 4.78 is 40.2. The van der Waals surface area contributed by atoms with E-state index < -0.39 is 15.8 Å². The molecule has 1 N–H and O–H groups in total. The lowest BCUT2D eigenvalue weighted by atomic mass is 10.0. The van der Waals surface area contributed by atoms with Crippen LogP contribution in [-0.4, -0.2) is 39.5 Å². The molecule has 114 valence electrons. The molecule has 2 rings (SSSR count). The monoisotopic (exact) mass is 311 g/mol. The topological polar surface area (TPSA) is 73.2 Å².